The first-order valence-corrected chi connectivity index (χ1v) is 10.9. The second kappa shape index (κ2) is 6.17. The van der Waals surface area contributed by atoms with Gasteiger partial charge in [-0.15, -0.1) is 0 Å². The van der Waals surface area contributed by atoms with Crippen LogP contribution in [0.15, 0.2) is 11.6 Å². The van der Waals surface area contributed by atoms with Crippen molar-refractivity contribution < 1.29 is 14.8 Å². The molecular formula is C23H38NO2+. The molecule has 0 spiro atoms. The van der Waals surface area contributed by atoms with Crippen LogP contribution in [0.3, 0.4) is 0 Å². The number of hydrogen-bond donors (Lipinski definition) is 2. The zero-order valence-corrected chi connectivity index (χ0v) is 17.3. The minimum atomic E-state index is -0.130. The molecule has 4 rings (SSSR count). The van der Waals surface area contributed by atoms with E-state index in [1.165, 1.54) is 36.2 Å². The van der Waals surface area contributed by atoms with Crippen LogP contribution in [0.25, 0.3) is 0 Å². The lowest BCUT2D eigenvalue weighted by Gasteiger charge is -2.57. The molecule has 3 fully saturated rings. The quantitative estimate of drug-likeness (QED) is 0.744. The van der Waals surface area contributed by atoms with Gasteiger partial charge in [0.1, 0.15) is 5.78 Å². The number of ketones is 1. The third kappa shape index (κ3) is 2.49. The maximum atomic E-state index is 12.7. The van der Waals surface area contributed by atoms with Crippen molar-refractivity contribution in [1.29, 1.82) is 0 Å². The third-order valence-corrected chi connectivity index (χ3v) is 9.32. The van der Waals surface area contributed by atoms with Gasteiger partial charge in [-0.05, 0) is 74.0 Å². The molecule has 3 nitrogen and oxygen atoms in total. The van der Waals surface area contributed by atoms with Gasteiger partial charge in [0.15, 0.2) is 0 Å². The van der Waals surface area contributed by atoms with E-state index in [0.29, 0.717) is 17.7 Å². The maximum Gasteiger partial charge on any atom is 0.139 e. The number of rotatable bonds is 2. The van der Waals surface area contributed by atoms with E-state index in [0.717, 1.165) is 31.1 Å². The highest BCUT2D eigenvalue weighted by atomic mass is 16.3. The summed E-state index contributed by atoms with van der Waals surface area (Å²) in [5, 5.41) is 10.2. The second-order valence-electron chi connectivity index (χ2n) is 10.7. The number of carbonyl (C=O) groups is 1. The van der Waals surface area contributed by atoms with E-state index in [1.54, 1.807) is 0 Å². The number of fused-ring (bicyclic) bond motifs is 5. The van der Waals surface area contributed by atoms with Gasteiger partial charge in [0.05, 0.1) is 32.2 Å². The molecule has 4 aliphatic carbocycles. The molecule has 0 bridgehead atoms. The minimum Gasteiger partial charge on any atom is -0.393 e. The minimum absolute atomic E-state index is 0.130. The molecule has 146 valence electrons. The number of Topliss-reactive ketones (excluding diaryl/α,β-unsaturated/α-hetero) is 1. The molecule has 8 atom stereocenters. The van der Waals surface area contributed by atoms with Gasteiger partial charge in [-0.2, -0.15) is 0 Å². The van der Waals surface area contributed by atoms with Crippen LogP contribution in [0.4, 0.5) is 0 Å². The largest absolute Gasteiger partial charge is 0.393 e. The number of quaternary nitrogens is 1. The fourth-order valence-corrected chi connectivity index (χ4v) is 8.01. The van der Waals surface area contributed by atoms with Crippen molar-refractivity contribution in [3.63, 3.8) is 0 Å². The first kappa shape index (κ1) is 18.7. The molecule has 0 aromatic rings. The lowest BCUT2D eigenvalue weighted by atomic mass is 9.47. The smallest absolute Gasteiger partial charge is 0.139 e. The number of hydrogen-bond acceptors (Lipinski definition) is 2. The first-order chi connectivity index (χ1) is 12.2. The summed E-state index contributed by atoms with van der Waals surface area (Å²) in [6, 6.07) is 0.479. The van der Waals surface area contributed by atoms with Gasteiger partial charge in [0.2, 0.25) is 0 Å². The fraction of sp³-hybridized carbons (Fsp3) is 0.870. The number of carbonyl (C=O) groups excluding carboxylic acids is 1. The van der Waals surface area contributed by atoms with E-state index in [4.69, 9.17) is 0 Å². The van der Waals surface area contributed by atoms with Crippen molar-refractivity contribution in [2.75, 3.05) is 14.1 Å². The van der Waals surface area contributed by atoms with Crippen LogP contribution >= 0.6 is 0 Å². The van der Waals surface area contributed by atoms with Gasteiger partial charge in [0.25, 0.3) is 0 Å². The van der Waals surface area contributed by atoms with Crippen LogP contribution in [0.1, 0.15) is 65.7 Å². The Labute approximate surface area is 159 Å². The summed E-state index contributed by atoms with van der Waals surface area (Å²) in [6.45, 7) is 6.76. The molecule has 0 aromatic carbocycles. The average Bonchev–Trinajstić information content (AvgIpc) is 2.89. The molecule has 0 aromatic heterocycles. The molecule has 3 heteroatoms. The van der Waals surface area contributed by atoms with Gasteiger partial charge in [-0.3, -0.25) is 4.79 Å². The van der Waals surface area contributed by atoms with Crippen LogP contribution in [-0.2, 0) is 4.79 Å². The summed E-state index contributed by atoms with van der Waals surface area (Å²) in [7, 11) is 4.48. The summed E-state index contributed by atoms with van der Waals surface area (Å²) in [5.74, 6) is 2.79. The number of nitrogens with one attached hydrogen (secondary N) is 1. The van der Waals surface area contributed by atoms with Crippen LogP contribution < -0.4 is 4.90 Å². The van der Waals surface area contributed by atoms with Crippen molar-refractivity contribution >= 4 is 5.78 Å². The standard InChI is InChI=1S/C23H37NO2/c1-14(25)21-20(24(4)5)13-19-17-7-6-15-12-16(26)8-10-22(15,2)18(17)9-11-23(19,21)3/h6,16-21,26H,7-13H2,1-5H3/p+1/t16-,17+,18+,19-,20+,21+,22-,23-/m0/s1. The Morgan fingerprint density at radius 2 is 1.92 bits per heavy atom. The van der Waals surface area contributed by atoms with E-state index < -0.39 is 0 Å². The molecule has 0 amide bonds. The summed E-state index contributed by atoms with van der Waals surface area (Å²) in [4.78, 5) is 14.1. The maximum absolute atomic E-state index is 12.7. The molecule has 3 saturated carbocycles. The molecule has 26 heavy (non-hydrogen) atoms. The number of allylic oxidation sites excluding steroid dienone is 1. The SMILES string of the molecule is CC(=O)[C@@H]1[C@H]([NH+](C)C)C[C@H]2[C@@H]3CC=C4C[C@@H](O)CC[C@]4(C)[C@@H]3CC[C@]12C. The van der Waals surface area contributed by atoms with Crippen LogP contribution in [0.5, 0.6) is 0 Å². The van der Waals surface area contributed by atoms with Crippen molar-refractivity contribution in [1.82, 2.24) is 0 Å². The molecule has 0 saturated heterocycles. The van der Waals surface area contributed by atoms with E-state index in [9.17, 15) is 9.90 Å². The summed E-state index contributed by atoms with van der Waals surface area (Å²) in [5.41, 5.74) is 2.01. The molecular weight excluding hydrogens is 322 g/mol. The van der Waals surface area contributed by atoms with Gasteiger partial charge in [-0.1, -0.05) is 25.5 Å². The topological polar surface area (TPSA) is 41.7 Å². The highest BCUT2D eigenvalue weighted by molar-refractivity contribution is 5.80. The lowest BCUT2D eigenvalue weighted by molar-refractivity contribution is -0.888. The Morgan fingerprint density at radius 3 is 2.58 bits per heavy atom. The van der Waals surface area contributed by atoms with Crippen molar-refractivity contribution in [3.05, 3.63) is 11.6 Å². The Kier molecular flexibility index (Phi) is 4.43. The normalized spacial score (nSPS) is 50.7. The van der Waals surface area contributed by atoms with Crippen molar-refractivity contribution in [3.8, 4) is 0 Å². The van der Waals surface area contributed by atoms with Gasteiger partial charge >= 0.3 is 0 Å². The van der Waals surface area contributed by atoms with E-state index >= 15 is 0 Å². The number of aliphatic hydroxyl groups excluding tert-OH is 1. The van der Waals surface area contributed by atoms with Crippen molar-refractivity contribution in [2.24, 2.45) is 34.5 Å². The Morgan fingerprint density at radius 1 is 1.19 bits per heavy atom. The predicted molar refractivity (Wildman–Crippen MR) is 104 cm³/mol. The van der Waals surface area contributed by atoms with E-state index in [2.05, 4.69) is 34.0 Å². The number of aliphatic hydroxyl groups is 1. The molecule has 4 aliphatic rings. The molecule has 0 heterocycles. The highest BCUT2D eigenvalue weighted by Crippen LogP contribution is 2.66. The van der Waals surface area contributed by atoms with Gasteiger partial charge < -0.3 is 10.0 Å². The highest BCUT2D eigenvalue weighted by Gasteiger charge is 2.63. The van der Waals surface area contributed by atoms with E-state index in [-0.39, 0.29) is 22.9 Å². The fourth-order valence-electron chi connectivity index (χ4n) is 8.01. The Bertz CT molecular complexity index is 626. The molecule has 0 aliphatic heterocycles. The Hall–Kier alpha value is -0.670. The zero-order valence-electron chi connectivity index (χ0n) is 17.3. The summed E-state index contributed by atoms with van der Waals surface area (Å²) >= 11 is 0. The Balaban J connectivity index is 1.69. The van der Waals surface area contributed by atoms with Crippen LogP contribution in [0, 0.1) is 34.5 Å². The summed E-state index contributed by atoms with van der Waals surface area (Å²) in [6.07, 6.45) is 10.2. The summed E-state index contributed by atoms with van der Waals surface area (Å²) < 4.78 is 0. The average molecular weight is 361 g/mol. The molecule has 0 radical (unpaired) electrons. The van der Waals surface area contributed by atoms with E-state index in [1.807, 2.05) is 6.92 Å². The van der Waals surface area contributed by atoms with Crippen LogP contribution in [-0.4, -0.2) is 37.1 Å². The van der Waals surface area contributed by atoms with Gasteiger partial charge in [-0.25, -0.2) is 0 Å². The first-order valence-electron chi connectivity index (χ1n) is 10.9. The molecule has 0 unspecified atom stereocenters. The second-order valence-corrected chi connectivity index (χ2v) is 10.7. The monoisotopic (exact) mass is 360 g/mol. The predicted octanol–water partition coefficient (Wildman–Crippen LogP) is 2.64. The van der Waals surface area contributed by atoms with Crippen LogP contribution in [0.2, 0.25) is 0 Å². The van der Waals surface area contributed by atoms with Gasteiger partial charge in [0, 0.05) is 6.42 Å². The third-order valence-electron chi connectivity index (χ3n) is 9.32. The lowest BCUT2D eigenvalue weighted by Crippen LogP contribution is -3.10. The van der Waals surface area contributed by atoms with Crippen molar-refractivity contribution in [2.45, 2.75) is 77.9 Å². The zero-order chi connectivity index (χ0) is 18.9. The molecule has 2 N–H and O–H groups in total.